The van der Waals surface area contributed by atoms with E-state index >= 15 is 0 Å². The molecular formula is C19H31N3O. The third-order valence-electron chi connectivity index (χ3n) is 5.24. The number of hydrogen-bond acceptors (Lipinski definition) is 2. The molecule has 0 spiro atoms. The number of anilines is 1. The van der Waals surface area contributed by atoms with Gasteiger partial charge in [0.05, 0.1) is 0 Å². The number of likely N-dealkylation sites (N-methyl/N-ethyl adjacent to an activating group) is 1. The number of amides is 2. The van der Waals surface area contributed by atoms with Gasteiger partial charge in [-0.3, -0.25) is 0 Å². The van der Waals surface area contributed by atoms with Crippen molar-refractivity contribution in [1.82, 2.24) is 10.2 Å². The second-order valence-corrected chi connectivity index (χ2v) is 7.14. The van der Waals surface area contributed by atoms with E-state index in [1.165, 1.54) is 12.8 Å². The molecule has 0 aliphatic heterocycles. The van der Waals surface area contributed by atoms with E-state index in [0.29, 0.717) is 6.54 Å². The monoisotopic (exact) mass is 317 g/mol. The third-order valence-corrected chi connectivity index (χ3v) is 5.24. The Labute approximate surface area is 140 Å². The minimum atomic E-state index is -0.106. The van der Waals surface area contributed by atoms with Crippen molar-refractivity contribution in [2.24, 2.45) is 5.92 Å². The molecule has 2 atom stereocenters. The van der Waals surface area contributed by atoms with E-state index in [-0.39, 0.29) is 11.6 Å². The summed E-state index contributed by atoms with van der Waals surface area (Å²) in [5, 5.41) is 6.10. The van der Waals surface area contributed by atoms with Crippen molar-refractivity contribution in [3.05, 3.63) is 29.8 Å². The summed E-state index contributed by atoms with van der Waals surface area (Å²) < 4.78 is 0. The molecule has 128 valence electrons. The summed E-state index contributed by atoms with van der Waals surface area (Å²) in [7, 11) is 4.26. The fourth-order valence-electron chi connectivity index (χ4n) is 3.72. The van der Waals surface area contributed by atoms with Crippen LogP contribution in [-0.4, -0.2) is 37.1 Å². The van der Waals surface area contributed by atoms with Crippen molar-refractivity contribution in [2.75, 3.05) is 26.0 Å². The van der Waals surface area contributed by atoms with E-state index in [4.69, 9.17) is 0 Å². The number of benzene rings is 1. The molecule has 4 nitrogen and oxygen atoms in total. The number of nitrogens with zero attached hydrogens (tertiary/aromatic N) is 1. The van der Waals surface area contributed by atoms with E-state index in [1.807, 2.05) is 18.2 Å². The van der Waals surface area contributed by atoms with Crippen molar-refractivity contribution in [3.63, 3.8) is 0 Å². The Hall–Kier alpha value is -1.55. The van der Waals surface area contributed by atoms with Gasteiger partial charge in [0.1, 0.15) is 0 Å². The van der Waals surface area contributed by atoms with E-state index in [0.717, 1.165) is 36.4 Å². The molecule has 2 N–H and O–H groups in total. The van der Waals surface area contributed by atoms with Crippen LogP contribution in [0.4, 0.5) is 10.5 Å². The molecule has 0 radical (unpaired) electrons. The molecule has 1 saturated carbocycles. The highest BCUT2D eigenvalue weighted by Crippen LogP contribution is 2.35. The van der Waals surface area contributed by atoms with Crippen LogP contribution in [-0.2, 0) is 6.42 Å². The molecule has 0 heterocycles. The normalized spacial score (nSPS) is 24.5. The summed E-state index contributed by atoms with van der Waals surface area (Å²) in [5.74, 6) is 0.719. The molecule has 1 aliphatic rings. The summed E-state index contributed by atoms with van der Waals surface area (Å²) in [5.41, 5.74) is 2.15. The third kappa shape index (κ3) is 4.47. The van der Waals surface area contributed by atoms with Crippen LogP contribution < -0.4 is 10.6 Å². The Morgan fingerprint density at radius 3 is 2.74 bits per heavy atom. The first-order valence-electron chi connectivity index (χ1n) is 8.77. The smallest absolute Gasteiger partial charge is 0.319 e. The number of rotatable bonds is 5. The molecule has 23 heavy (non-hydrogen) atoms. The van der Waals surface area contributed by atoms with E-state index in [1.54, 1.807) is 0 Å². The zero-order valence-electron chi connectivity index (χ0n) is 15.0. The van der Waals surface area contributed by atoms with Crippen molar-refractivity contribution in [1.29, 1.82) is 0 Å². The highest BCUT2D eigenvalue weighted by atomic mass is 16.2. The maximum atomic E-state index is 12.3. The van der Waals surface area contributed by atoms with Gasteiger partial charge >= 0.3 is 6.03 Å². The summed E-state index contributed by atoms with van der Waals surface area (Å²) in [6, 6.07) is 7.87. The van der Waals surface area contributed by atoms with Gasteiger partial charge in [0, 0.05) is 17.8 Å². The van der Waals surface area contributed by atoms with Crippen molar-refractivity contribution >= 4 is 11.7 Å². The van der Waals surface area contributed by atoms with Crippen molar-refractivity contribution in [3.8, 4) is 0 Å². The van der Waals surface area contributed by atoms with Crippen LogP contribution in [0, 0.1) is 5.92 Å². The van der Waals surface area contributed by atoms with Crippen LogP contribution >= 0.6 is 0 Å². The lowest BCUT2D eigenvalue weighted by Crippen LogP contribution is -2.55. The first-order chi connectivity index (χ1) is 11.0. The lowest BCUT2D eigenvalue weighted by Gasteiger charge is -2.45. The minimum absolute atomic E-state index is 0.0826. The zero-order chi connectivity index (χ0) is 16.9. The second-order valence-electron chi connectivity index (χ2n) is 7.14. The van der Waals surface area contributed by atoms with Gasteiger partial charge < -0.3 is 15.5 Å². The first kappa shape index (κ1) is 17.8. The van der Waals surface area contributed by atoms with Crippen molar-refractivity contribution in [2.45, 2.75) is 51.5 Å². The summed E-state index contributed by atoms with van der Waals surface area (Å²) in [6.07, 6.45) is 5.74. The lowest BCUT2D eigenvalue weighted by molar-refractivity contribution is 0.0779. The molecule has 2 amide bonds. The molecule has 0 bridgehead atoms. The van der Waals surface area contributed by atoms with Gasteiger partial charge in [-0.2, -0.15) is 0 Å². The molecule has 1 aliphatic carbocycles. The lowest BCUT2D eigenvalue weighted by atomic mass is 9.75. The fraction of sp³-hybridized carbons (Fsp3) is 0.632. The number of nitrogens with one attached hydrogen (secondary N) is 2. The molecule has 1 aromatic carbocycles. The van der Waals surface area contributed by atoms with E-state index < -0.39 is 0 Å². The van der Waals surface area contributed by atoms with Crippen LogP contribution in [0.3, 0.4) is 0 Å². The summed E-state index contributed by atoms with van der Waals surface area (Å²) in [4.78, 5) is 14.6. The van der Waals surface area contributed by atoms with Crippen molar-refractivity contribution < 1.29 is 4.79 Å². The Balaban J connectivity index is 1.97. The number of urea groups is 1. The molecule has 1 fully saturated rings. The second kappa shape index (κ2) is 7.82. The van der Waals surface area contributed by atoms with Gasteiger partial charge in [0.25, 0.3) is 0 Å². The van der Waals surface area contributed by atoms with Gasteiger partial charge in [0.2, 0.25) is 0 Å². The van der Waals surface area contributed by atoms with Crippen LogP contribution in [0.2, 0.25) is 0 Å². The molecule has 0 aromatic heterocycles. The Morgan fingerprint density at radius 2 is 2.09 bits per heavy atom. The van der Waals surface area contributed by atoms with Gasteiger partial charge in [0.15, 0.2) is 0 Å². The average Bonchev–Trinajstić information content (AvgIpc) is 2.53. The predicted molar refractivity (Wildman–Crippen MR) is 96.9 cm³/mol. The van der Waals surface area contributed by atoms with E-state index in [2.05, 4.69) is 49.5 Å². The summed E-state index contributed by atoms with van der Waals surface area (Å²) >= 11 is 0. The van der Waals surface area contributed by atoms with Gasteiger partial charge in [-0.05, 0) is 50.9 Å². The summed E-state index contributed by atoms with van der Waals surface area (Å²) in [6.45, 7) is 5.11. The highest BCUT2D eigenvalue weighted by molar-refractivity contribution is 5.90. The van der Waals surface area contributed by atoms with Crippen LogP contribution in [0.25, 0.3) is 0 Å². The van der Waals surface area contributed by atoms with Gasteiger partial charge in [-0.25, -0.2) is 4.79 Å². The molecule has 2 rings (SSSR count). The number of carbonyl (C=O) groups excluding carboxylic acids is 1. The minimum Gasteiger partial charge on any atom is -0.336 e. The van der Waals surface area contributed by atoms with Gasteiger partial charge in [-0.15, -0.1) is 0 Å². The fourth-order valence-corrected chi connectivity index (χ4v) is 3.72. The van der Waals surface area contributed by atoms with Crippen LogP contribution in [0.5, 0.6) is 0 Å². The Morgan fingerprint density at radius 1 is 1.35 bits per heavy atom. The quantitative estimate of drug-likeness (QED) is 0.865. The topological polar surface area (TPSA) is 44.4 Å². The maximum Gasteiger partial charge on any atom is 0.319 e. The largest absolute Gasteiger partial charge is 0.336 e. The maximum absolute atomic E-state index is 12.3. The predicted octanol–water partition coefficient (Wildman–Crippen LogP) is 3.88. The number of aryl methyl sites for hydroxylation is 1. The SMILES string of the molecule is CCc1ccccc1NC(=O)NC[C@]1(N(C)C)CCC[C@H](C)C1. The number of para-hydroxylation sites is 1. The molecule has 4 heteroatoms. The molecule has 0 saturated heterocycles. The van der Waals surface area contributed by atoms with Crippen LogP contribution in [0.15, 0.2) is 24.3 Å². The standard InChI is InChI=1S/C19H31N3O/c1-5-16-10-6-7-11-17(16)21-18(23)20-14-19(22(3)4)12-8-9-15(2)13-19/h6-7,10-11,15H,5,8-9,12-14H2,1-4H3,(H2,20,21,23)/t15-,19-/m0/s1. The Bertz CT molecular complexity index is 529. The van der Waals surface area contributed by atoms with E-state index in [9.17, 15) is 4.79 Å². The first-order valence-corrected chi connectivity index (χ1v) is 8.77. The highest BCUT2D eigenvalue weighted by Gasteiger charge is 2.37. The average molecular weight is 317 g/mol. The molecule has 0 unspecified atom stereocenters. The molecular weight excluding hydrogens is 286 g/mol. The van der Waals surface area contributed by atoms with Gasteiger partial charge in [-0.1, -0.05) is 44.9 Å². The Kier molecular flexibility index (Phi) is 6.05. The number of hydrogen-bond donors (Lipinski definition) is 2. The zero-order valence-corrected chi connectivity index (χ0v) is 15.0. The molecule has 1 aromatic rings. The van der Waals surface area contributed by atoms with Crippen LogP contribution in [0.1, 0.15) is 45.1 Å². The number of carbonyl (C=O) groups is 1.